The highest BCUT2D eigenvalue weighted by Crippen LogP contribution is 2.42. The van der Waals surface area contributed by atoms with E-state index in [1.807, 2.05) is 13.0 Å². The molecule has 0 saturated carbocycles. The van der Waals surface area contributed by atoms with Crippen LogP contribution in [0.5, 0.6) is 5.75 Å². The van der Waals surface area contributed by atoms with Gasteiger partial charge in [0.05, 0.1) is 18.2 Å². The second kappa shape index (κ2) is 8.39. The lowest BCUT2D eigenvalue weighted by Crippen LogP contribution is -2.29. The van der Waals surface area contributed by atoms with Crippen LogP contribution in [-0.4, -0.2) is 28.6 Å². The molecule has 0 spiro atoms. The van der Waals surface area contributed by atoms with Crippen molar-refractivity contribution in [2.24, 2.45) is 0 Å². The Balaban J connectivity index is 1.89. The minimum Gasteiger partial charge on any atom is -0.507 e. The second-order valence-corrected chi connectivity index (χ2v) is 7.89. The van der Waals surface area contributed by atoms with Crippen LogP contribution in [0.1, 0.15) is 29.9 Å². The van der Waals surface area contributed by atoms with Gasteiger partial charge in [0.2, 0.25) is 0 Å². The number of rotatable bonds is 5. The zero-order valence-electron chi connectivity index (χ0n) is 16.8. The van der Waals surface area contributed by atoms with Crippen molar-refractivity contribution < 1.29 is 24.0 Å². The summed E-state index contributed by atoms with van der Waals surface area (Å²) >= 11 is 3.43. The summed E-state index contributed by atoms with van der Waals surface area (Å²) in [4.78, 5) is 27.3. The number of nitrogens with zero attached hydrogens (tertiary/aromatic N) is 2. The predicted octanol–water partition coefficient (Wildman–Crippen LogP) is 4.77. The van der Waals surface area contributed by atoms with Crippen LogP contribution < -0.4 is 9.64 Å². The number of ketones is 1. The number of benzene rings is 2. The average molecular weight is 483 g/mol. The van der Waals surface area contributed by atoms with Crippen molar-refractivity contribution in [2.75, 3.05) is 11.5 Å². The van der Waals surface area contributed by atoms with Gasteiger partial charge < -0.3 is 14.4 Å². The molecule has 7 nitrogen and oxygen atoms in total. The highest BCUT2D eigenvalue weighted by molar-refractivity contribution is 9.10. The maximum absolute atomic E-state index is 13.0. The molecule has 0 aliphatic carbocycles. The normalized spacial score (nSPS) is 17.9. The van der Waals surface area contributed by atoms with E-state index in [-0.39, 0.29) is 17.2 Å². The standard InChI is InChI=1S/C23H19BrN2O5/c1-3-30-17-9-7-14(8-10-17)21(27)19-20(15-5-4-6-16(24)12-15)26(23(29)22(19)28)18-11-13(2)31-25-18/h4-12,20,27H,3H2,1-2H3/b21-19+/t20-/m1/s1. The maximum atomic E-state index is 13.0. The minimum absolute atomic E-state index is 0.0205. The first kappa shape index (κ1) is 20.9. The number of carbonyl (C=O) groups is 2. The van der Waals surface area contributed by atoms with Crippen molar-refractivity contribution in [3.8, 4) is 5.75 Å². The van der Waals surface area contributed by atoms with Crippen molar-refractivity contribution in [1.29, 1.82) is 0 Å². The smallest absolute Gasteiger partial charge is 0.301 e. The summed E-state index contributed by atoms with van der Waals surface area (Å²) < 4.78 is 11.3. The molecule has 8 heteroatoms. The van der Waals surface area contributed by atoms with E-state index in [0.29, 0.717) is 29.2 Å². The average Bonchev–Trinajstić information content (AvgIpc) is 3.29. The quantitative estimate of drug-likeness (QED) is 0.319. The lowest BCUT2D eigenvalue weighted by atomic mass is 9.95. The van der Waals surface area contributed by atoms with Crippen LogP contribution in [0.25, 0.3) is 5.76 Å². The topological polar surface area (TPSA) is 92.9 Å². The first-order valence-electron chi connectivity index (χ1n) is 9.63. The molecular weight excluding hydrogens is 464 g/mol. The van der Waals surface area contributed by atoms with Crippen molar-refractivity contribution in [2.45, 2.75) is 19.9 Å². The number of aliphatic hydroxyl groups excluding tert-OH is 1. The molecule has 2 heterocycles. The zero-order chi connectivity index (χ0) is 22.1. The SMILES string of the molecule is CCOc1ccc(/C(O)=C2\C(=O)C(=O)N(c3cc(C)on3)[C@@H]2c2cccc(Br)c2)cc1. The van der Waals surface area contributed by atoms with Crippen LogP contribution in [0, 0.1) is 6.92 Å². The van der Waals surface area contributed by atoms with Gasteiger partial charge in [-0.3, -0.25) is 14.5 Å². The molecule has 1 aromatic heterocycles. The van der Waals surface area contributed by atoms with E-state index in [1.165, 1.54) is 4.90 Å². The molecule has 4 rings (SSSR count). The number of hydrogen-bond donors (Lipinski definition) is 1. The summed E-state index contributed by atoms with van der Waals surface area (Å²) in [7, 11) is 0. The Kier molecular flexibility index (Phi) is 5.65. The van der Waals surface area contributed by atoms with E-state index in [1.54, 1.807) is 55.5 Å². The third kappa shape index (κ3) is 3.86. The summed E-state index contributed by atoms with van der Waals surface area (Å²) in [5.74, 6) is -0.510. The Morgan fingerprint density at radius 2 is 1.94 bits per heavy atom. The van der Waals surface area contributed by atoms with Gasteiger partial charge in [0, 0.05) is 16.1 Å². The van der Waals surface area contributed by atoms with Crippen molar-refractivity contribution in [3.05, 3.63) is 81.5 Å². The van der Waals surface area contributed by atoms with Crippen LogP contribution in [0.3, 0.4) is 0 Å². The van der Waals surface area contributed by atoms with Gasteiger partial charge in [-0.25, -0.2) is 0 Å². The molecule has 31 heavy (non-hydrogen) atoms. The van der Waals surface area contributed by atoms with Crippen LogP contribution in [-0.2, 0) is 9.59 Å². The fraction of sp³-hybridized carbons (Fsp3) is 0.174. The highest BCUT2D eigenvalue weighted by Gasteiger charge is 2.48. The number of anilines is 1. The lowest BCUT2D eigenvalue weighted by Gasteiger charge is -2.23. The van der Waals surface area contributed by atoms with E-state index >= 15 is 0 Å². The Bertz CT molecular complexity index is 1180. The van der Waals surface area contributed by atoms with E-state index in [0.717, 1.165) is 4.47 Å². The van der Waals surface area contributed by atoms with E-state index in [4.69, 9.17) is 9.26 Å². The first-order chi connectivity index (χ1) is 14.9. The van der Waals surface area contributed by atoms with Crippen molar-refractivity contribution in [1.82, 2.24) is 5.16 Å². The number of aryl methyl sites for hydroxylation is 1. The summed E-state index contributed by atoms with van der Waals surface area (Å²) in [6.07, 6.45) is 0. The van der Waals surface area contributed by atoms with Crippen molar-refractivity contribution in [3.63, 3.8) is 0 Å². The van der Waals surface area contributed by atoms with Gasteiger partial charge in [-0.05, 0) is 55.8 Å². The van der Waals surface area contributed by atoms with Gasteiger partial charge in [0.25, 0.3) is 5.78 Å². The Morgan fingerprint density at radius 1 is 1.19 bits per heavy atom. The Hall–Kier alpha value is -3.39. The Morgan fingerprint density at radius 3 is 2.55 bits per heavy atom. The van der Waals surface area contributed by atoms with Crippen LogP contribution in [0.15, 0.2) is 69.2 Å². The van der Waals surface area contributed by atoms with Gasteiger partial charge in [0.1, 0.15) is 17.3 Å². The monoisotopic (exact) mass is 482 g/mol. The first-order valence-corrected chi connectivity index (χ1v) is 10.4. The summed E-state index contributed by atoms with van der Waals surface area (Å²) in [5.41, 5.74) is 1.02. The van der Waals surface area contributed by atoms with E-state index in [9.17, 15) is 14.7 Å². The Labute approximate surface area is 187 Å². The molecule has 0 radical (unpaired) electrons. The number of aliphatic hydroxyl groups is 1. The number of ether oxygens (including phenoxy) is 1. The van der Waals surface area contributed by atoms with Gasteiger partial charge in [-0.1, -0.05) is 33.2 Å². The maximum Gasteiger partial charge on any atom is 0.301 e. The molecule has 1 amide bonds. The van der Waals surface area contributed by atoms with Crippen molar-refractivity contribution >= 4 is 39.2 Å². The summed E-state index contributed by atoms with van der Waals surface area (Å²) in [5, 5.41) is 15.0. The van der Waals surface area contributed by atoms with Gasteiger partial charge >= 0.3 is 5.91 Å². The van der Waals surface area contributed by atoms with Crippen LogP contribution >= 0.6 is 15.9 Å². The molecule has 0 unspecified atom stereocenters. The number of hydrogen-bond acceptors (Lipinski definition) is 6. The predicted molar refractivity (Wildman–Crippen MR) is 118 cm³/mol. The number of halogens is 1. The summed E-state index contributed by atoms with van der Waals surface area (Å²) in [6, 6.07) is 14.6. The van der Waals surface area contributed by atoms with Gasteiger partial charge in [-0.15, -0.1) is 0 Å². The van der Waals surface area contributed by atoms with E-state index < -0.39 is 17.7 Å². The number of aromatic nitrogens is 1. The van der Waals surface area contributed by atoms with Crippen LogP contribution in [0.4, 0.5) is 5.82 Å². The molecule has 1 fully saturated rings. The molecule has 0 bridgehead atoms. The molecule has 158 valence electrons. The second-order valence-electron chi connectivity index (χ2n) is 6.98. The van der Waals surface area contributed by atoms with Gasteiger partial charge in [0.15, 0.2) is 5.82 Å². The third-order valence-corrected chi connectivity index (χ3v) is 5.40. The molecule has 3 aromatic rings. The number of Topliss-reactive ketones (excluding diaryl/α,β-unsaturated/α-hetero) is 1. The molecule has 1 saturated heterocycles. The minimum atomic E-state index is -0.867. The molecule has 1 aliphatic heterocycles. The number of carbonyl (C=O) groups excluding carboxylic acids is 2. The molecule has 1 N–H and O–H groups in total. The summed E-state index contributed by atoms with van der Waals surface area (Å²) in [6.45, 7) is 4.08. The fourth-order valence-electron chi connectivity index (χ4n) is 3.56. The molecule has 1 aliphatic rings. The van der Waals surface area contributed by atoms with E-state index in [2.05, 4.69) is 21.1 Å². The fourth-order valence-corrected chi connectivity index (χ4v) is 3.98. The molecular formula is C23H19BrN2O5. The highest BCUT2D eigenvalue weighted by atomic mass is 79.9. The zero-order valence-corrected chi connectivity index (χ0v) is 18.4. The molecule has 1 atom stereocenters. The van der Waals surface area contributed by atoms with Gasteiger partial charge in [-0.2, -0.15) is 0 Å². The largest absolute Gasteiger partial charge is 0.507 e. The van der Waals surface area contributed by atoms with Crippen LogP contribution in [0.2, 0.25) is 0 Å². The molecule has 2 aromatic carbocycles. The number of amides is 1. The third-order valence-electron chi connectivity index (χ3n) is 4.91. The lowest BCUT2D eigenvalue weighted by molar-refractivity contribution is -0.132.